The molecule has 2 rings (SSSR count). The van der Waals surface area contributed by atoms with Gasteiger partial charge in [-0.3, -0.25) is 0 Å². The Balaban J connectivity index is 2.04. The van der Waals surface area contributed by atoms with Gasteiger partial charge in [-0.25, -0.2) is 4.98 Å². The van der Waals surface area contributed by atoms with E-state index in [4.69, 9.17) is 23.2 Å². The lowest BCUT2D eigenvalue weighted by atomic mass is 10.4. The molecule has 2 aromatic heterocycles. The first-order valence-electron chi connectivity index (χ1n) is 5.01. The normalized spacial score (nSPS) is 10.7. The maximum absolute atomic E-state index is 6.04. The molecule has 8 heteroatoms. The van der Waals surface area contributed by atoms with Crippen LogP contribution in [0, 0.1) is 0 Å². The fraction of sp³-hybridized carbons (Fsp3) is 0.300. The van der Waals surface area contributed by atoms with Gasteiger partial charge in [0, 0.05) is 19.8 Å². The third-order valence-corrected chi connectivity index (χ3v) is 4.79. The second-order valence-electron chi connectivity index (χ2n) is 3.60. The van der Waals surface area contributed by atoms with Gasteiger partial charge in [-0.15, -0.1) is 10.2 Å². The highest BCUT2D eigenvalue weighted by molar-refractivity contribution is 8.00. The van der Waals surface area contributed by atoms with Crippen molar-refractivity contribution in [2.75, 3.05) is 19.0 Å². The van der Waals surface area contributed by atoms with Crippen molar-refractivity contribution in [1.82, 2.24) is 15.2 Å². The molecule has 0 saturated heterocycles. The third kappa shape index (κ3) is 3.47. The van der Waals surface area contributed by atoms with Gasteiger partial charge in [-0.1, -0.05) is 46.3 Å². The van der Waals surface area contributed by atoms with Crippen LogP contribution in [0.3, 0.4) is 0 Å². The molecule has 0 atom stereocenters. The minimum Gasteiger partial charge on any atom is -0.353 e. The van der Waals surface area contributed by atoms with Gasteiger partial charge in [0.1, 0.15) is 5.15 Å². The lowest BCUT2D eigenvalue weighted by molar-refractivity contribution is 0.972. The van der Waals surface area contributed by atoms with Crippen molar-refractivity contribution < 1.29 is 0 Å². The van der Waals surface area contributed by atoms with Gasteiger partial charge in [-0.2, -0.15) is 0 Å². The van der Waals surface area contributed by atoms with Crippen LogP contribution in [-0.4, -0.2) is 29.3 Å². The molecule has 0 saturated carbocycles. The Hall–Kier alpha value is -0.560. The minimum absolute atomic E-state index is 0.446. The molecule has 0 radical (unpaired) electrons. The fourth-order valence-electron chi connectivity index (χ4n) is 1.13. The number of anilines is 1. The Morgan fingerprint density at radius 2 is 2.06 bits per heavy atom. The van der Waals surface area contributed by atoms with E-state index in [0.29, 0.717) is 15.9 Å². The highest BCUT2D eigenvalue weighted by Crippen LogP contribution is 2.30. The summed E-state index contributed by atoms with van der Waals surface area (Å²) in [5.74, 6) is 0.626. The van der Waals surface area contributed by atoms with Crippen molar-refractivity contribution in [3.05, 3.63) is 28.0 Å². The van der Waals surface area contributed by atoms with Crippen LogP contribution < -0.4 is 4.90 Å². The first-order chi connectivity index (χ1) is 8.56. The number of pyridine rings is 1. The van der Waals surface area contributed by atoms with Crippen molar-refractivity contribution >= 4 is 51.4 Å². The molecule has 0 unspecified atom stereocenters. The van der Waals surface area contributed by atoms with Crippen LogP contribution in [0.25, 0.3) is 0 Å². The van der Waals surface area contributed by atoms with Crippen molar-refractivity contribution in [3.63, 3.8) is 0 Å². The van der Waals surface area contributed by atoms with Crippen LogP contribution in [0.4, 0.5) is 5.13 Å². The molecular formula is C10H10Cl2N4S2. The van der Waals surface area contributed by atoms with E-state index in [0.717, 1.165) is 15.2 Å². The Morgan fingerprint density at radius 1 is 1.28 bits per heavy atom. The van der Waals surface area contributed by atoms with Crippen LogP contribution >= 0.6 is 46.3 Å². The molecule has 4 nitrogen and oxygen atoms in total. The summed E-state index contributed by atoms with van der Waals surface area (Å²) in [4.78, 5) is 6.11. The molecule has 0 N–H and O–H groups in total. The van der Waals surface area contributed by atoms with E-state index < -0.39 is 0 Å². The van der Waals surface area contributed by atoms with E-state index in [2.05, 4.69) is 15.2 Å². The summed E-state index contributed by atoms with van der Waals surface area (Å²) in [6.45, 7) is 0. The van der Waals surface area contributed by atoms with Gasteiger partial charge in [0.05, 0.1) is 10.7 Å². The van der Waals surface area contributed by atoms with E-state index in [-0.39, 0.29) is 0 Å². The molecule has 0 aliphatic carbocycles. The summed E-state index contributed by atoms with van der Waals surface area (Å²) >= 11 is 15.0. The maximum Gasteiger partial charge on any atom is 0.208 e. The number of thioether (sulfide) groups is 1. The zero-order chi connectivity index (χ0) is 13.1. The molecular weight excluding hydrogens is 311 g/mol. The number of hydrogen-bond acceptors (Lipinski definition) is 6. The molecule has 0 amide bonds. The summed E-state index contributed by atoms with van der Waals surface area (Å²) in [5.41, 5.74) is 0.760. The quantitative estimate of drug-likeness (QED) is 0.636. The largest absolute Gasteiger partial charge is 0.353 e. The molecule has 2 heterocycles. The smallest absolute Gasteiger partial charge is 0.208 e. The third-order valence-electron chi connectivity index (χ3n) is 2.00. The molecule has 0 aliphatic heterocycles. The van der Waals surface area contributed by atoms with E-state index in [1.54, 1.807) is 23.9 Å². The number of hydrogen-bond donors (Lipinski definition) is 0. The molecule has 2 aromatic rings. The molecule has 0 aromatic carbocycles. The zero-order valence-electron chi connectivity index (χ0n) is 9.72. The lowest BCUT2D eigenvalue weighted by Gasteiger charge is -2.04. The topological polar surface area (TPSA) is 41.9 Å². The Kier molecular flexibility index (Phi) is 4.66. The van der Waals surface area contributed by atoms with E-state index in [1.165, 1.54) is 11.3 Å². The molecule has 0 bridgehead atoms. The van der Waals surface area contributed by atoms with Gasteiger partial charge < -0.3 is 4.90 Å². The van der Waals surface area contributed by atoms with Crippen molar-refractivity contribution in [2.24, 2.45) is 0 Å². The molecule has 0 aliphatic rings. The van der Waals surface area contributed by atoms with Gasteiger partial charge in [0.2, 0.25) is 5.13 Å². The molecule has 18 heavy (non-hydrogen) atoms. The Morgan fingerprint density at radius 3 is 2.72 bits per heavy atom. The second kappa shape index (κ2) is 6.06. The monoisotopic (exact) mass is 320 g/mol. The standard InChI is InChI=1S/C10H10Cl2N4S2/c1-16(2)9-14-15-10(18-9)17-5-7-6(11)3-4-8(12)13-7/h3-4H,5H2,1-2H3. The second-order valence-corrected chi connectivity index (χ2v) is 6.57. The summed E-state index contributed by atoms with van der Waals surface area (Å²) in [6.07, 6.45) is 0. The van der Waals surface area contributed by atoms with E-state index >= 15 is 0 Å². The summed E-state index contributed by atoms with van der Waals surface area (Å²) in [7, 11) is 3.87. The van der Waals surface area contributed by atoms with Gasteiger partial charge >= 0.3 is 0 Å². The number of nitrogens with zero attached hydrogens (tertiary/aromatic N) is 4. The fourth-order valence-corrected chi connectivity index (χ4v) is 3.26. The SMILES string of the molecule is CN(C)c1nnc(SCc2nc(Cl)ccc2Cl)s1. The van der Waals surface area contributed by atoms with Gasteiger partial charge in [0.25, 0.3) is 0 Å². The van der Waals surface area contributed by atoms with Crippen molar-refractivity contribution in [1.29, 1.82) is 0 Å². The molecule has 96 valence electrons. The van der Waals surface area contributed by atoms with Crippen LogP contribution in [0.1, 0.15) is 5.69 Å². The first kappa shape index (κ1) is 13.9. The molecule has 0 fully saturated rings. The zero-order valence-corrected chi connectivity index (χ0v) is 12.9. The average molecular weight is 321 g/mol. The summed E-state index contributed by atoms with van der Waals surface area (Å²) < 4.78 is 0.886. The van der Waals surface area contributed by atoms with Crippen molar-refractivity contribution in [2.45, 2.75) is 10.1 Å². The van der Waals surface area contributed by atoms with Crippen LogP contribution in [0.2, 0.25) is 10.2 Å². The van der Waals surface area contributed by atoms with Gasteiger partial charge in [-0.05, 0) is 12.1 Å². The lowest BCUT2D eigenvalue weighted by Crippen LogP contribution is -2.07. The van der Waals surface area contributed by atoms with Crippen LogP contribution in [0.15, 0.2) is 16.5 Å². The van der Waals surface area contributed by atoms with E-state index in [9.17, 15) is 0 Å². The number of aromatic nitrogens is 3. The minimum atomic E-state index is 0.446. The predicted molar refractivity (Wildman–Crippen MR) is 78.1 cm³/mol. The summed E-state index contributed by atoms with van der Waals surface area (Å²) in [6, 6.07) is 3.42. The van der Waals surface area contributed by atoms with E-state index in [1.807, 2.05) is 19.0 Å². The first-order valence-corrected chi connectivity index (χ1v) is 7.56. The van der Waals surface area contributed by atoms with Crippen LogP contribution in [-0.2, 0) is 5.75 Å². The number of rotatable bonds is 4. The summed E-state index contributed by atoms with van der Waals surface area (Å²) in [5, 5.41) is 10.1. The highest BCUT2D eigenvalue weighted by atomic mass is 35.5. The molecule has 0 spiro atoms. The average Bonchev–Trinajstić information content (AvgIpc) is 2.79. The van der Waals surface area contributed by atoms with Gasteiger partial charge in [0.15, 0.2) is 4.34 Å². The Labute approximate surface area is 123 Å². The van der Waals surface area contributed by atoms with Crippen LogP contribution in [0.5, 0.6) is 0 Å². The highest BCUT2D eigenvalue weighted by Gasteiger charge is 2.09. The Bertz CT molecular complexity index is 544. The number of halogens is 2. The predicted octanol–water partition coefficient (Wildman–Crippen LogP) is 3.60. The maximum atomic E-state index is 6.04. The van der Waals surface area contributed by atoms with Crippen molar-refractivity contribution in [3.8, 4) is 0 Å².